The molecule has 8 heteroatoms. The third kappa shape index (κ3) is 3.25. The third-order valence-corrected chi connectivity index (χ3v) is 3.78. The molecule has 0 unspecified atom stereocenters. The van der Waals surface area contributed by atoms with E-state index in [0.717, 1.165) is 10.2 Å². The van der Waals surface area contributed by atoms with Gasteiger partial charge in [0.25, 0.3) is 0 Å². The number of carbonyl (C=O) groups excluding carboxylic acids is 1. The average Bonchev–Trinajstić information content (AvgIpc) is 3.12. The lowest BCUT2D eigenvalue weighted by Crippen LogP contribution is -2.31. The van der Waals surface area contributed by atoms with Crippen molar-refractivity contribution in [2.45, 2.75) is 6.54 Å². The fraction of sp³-hybridized carbons (Fsp3) is 0.111. The van der Waals surface area contributed by atoms with Crippen molar-refractivity contribution in [3.8, 4) is 22.8 Å². The summed E-state index contributed by atoms with van der Waals surface area (Å²) in [7, 11) is 0. The molecule has 1 N–H and O–H groups in total. The maximum atomic E-state index is 12.2. The van der Waals surface area contributed by atoms with Gasteiger partial charge >= 0.3 is 5.69 Å². The van der Waals surface area contributed by atoms with E-state index in [1.165, 1.54) is 6.20 Å². The monoisotopic (exact) mass is 350 g/mol. The van der Waals surface area contributed by atoms with E-state index in [2.05, 4.69) is 15.4 Å². The number of rotatable bonds is 4. The highest BCUT2D eigenvalue weighted by Gasteiger charge is 2.15. The van der Waals surface area contributed by atoms with Crippen molar-refractivity contribution in [1.29, 1.82) is 0 Å². The summed E-state index contributed by atoms with van der Waals surface area (Å²) in [6.45, 7) is -0.0825. The van der Waals surface area contributed by atoms with E-state index in [-0.39, 0.29) is 13.3 Å². The third-order valence-electron chi connectivity index (χ3n) is 3.78. The molecule has 0 radical (unpaired) electrons. The minimum atomic E-state index is -0.591. The number of aromatic nitrogens is 3. The second-order valence-corrected chi connectivity index (χ2v) is 5.56. The van der Waals surface area contributed by atoms with Gasteiger partial charge in [0.2, 0.25) is 12.7 Å². The molecule has 2 aromatic carbocycles. The van der Waals surface area contributed by atoms with Crippen LogP contribution in [-0.2, 0) is 11.3 Å². The lowest BCUT2D eigenvalue weighted by Gasteiger charge is -2.07. The van der Waals surface area contributed by atoms with Crippen LogP contribution in [0.3, 0.4) is 0 Å². The Bertz CT molecular complexity index is 1020. The smallest absolute Gasteiger partial charge is 0.365 e. The van der Waals surface area contributed by atoms with E-state index in [0.29, 0.717) is 22.9 Å². The summed E-state index contributed by atoms with van der Waals surface area (Å²) in [4.78, 5) is 28.3. The maximum absolute atomic E-state index is 12.2. The molecule has 0 saturated carbocycles. The minimum absolute atomic E-state index is 0.158. The van der Waals surface area contributed by atoms with Gasteiger partial charge in [0.1, 0.15) is 6.54 Å². The molecule has 0 atom stereocenters. The molecule has 8 nitrogen and oxygen atoms in total. The van der Waals surface area contributed by atoms with Gasteiger partial charge in [-0.05, 0) is 12.1 Å². The van der Waals surface area contributed by atoms with Gasteiger partial charge in [-0.2, -0.15) is 10.1 Å². The highest BCUT2D eigenvalue weighted by Crippen LogP contribution is 2.34. The summed E-state index contributed by atoms with van der Waals surface area (Å²) in [5, 5.41) is 6.72. The van der Waals surface area contributed by atoms with Gasteiger partial charge in [-0.3, -0.25) is 4.79 Å². The molecule has 3 aromatic rings. The van der Waals surface area contributed by atoms with Crippen LogP contribution in [0.15, 0.2) is 59.5 Å². The Morgan fingerprint density at radius 2 is 1.92 bits per heavy atom. The van der Waals surface area contributed by atoms with Crippen molar-refractivity contribution in [2.75, 3.05) is 12.1 Å². The van der Waals surface area contributed by atoms with Crippen LogP contribution in [-0.4, -0.2) is 27.5 Å². The summed E-state index contributed by atoms with van der Waals surface area (Å²) in [5.41, 5.74) is 1.20. The summed E-state index contributed by atoms with van der Waals surface area (Å²) in [6.07, 6.45) is 1.46. The van der Waals surface area contributed by atoms with Crippen LogP contribution in [0.4, 0.5) is 5.69 Å². The van der Waals surface area contributed by atoms with Crippen LogP contribution in [0.5, 0.6) is 11.5 Å². The number of ether oxygens (including phenoxy) is 2. The molecule has 2 heterocycles. The molecule has 0 saturated heterocycles. The number of anilines is 1. The van der Waals surface area contributed by atoms with Crippen LogP contribution in [0.2, 0.25) is 0 Å². The zero-order valence-electron chi connectivity index (χ0n) is 13.6. The lowest BCUT2D eigenvalue weighted by molar-refractivity contribution is -0.117. The summed E-state index contributed by atoms with van der Waals surface area (Å²) in [5.74, 6) is 0.793. The van der Waals surface area contributed by atoms with Crippen LogP contribution in [0.25, 0.3) is 11.3 Å². The minimum Gasteiger partial charge on any atom is -0.454 e. The number of hydrogen-bond acceptors (Lipinski definition) is 6. The van der Waals surface area contributed by atoms with Crippen LogP contribution in [0.1, 0.15) is 0 Å². The number of nitrogens with zero attached hydrogens (tertiary/aromatic N) is 3. The Morgan fingerprint density at radius 3 is 2.73 bits per heavy atom. The SMILES string of the molecule is O=C(Cn1ncc(-c2ccccc2)nc1=O)Nc1ccc2c(c1)OCO2. The lowest BCUT2D eigenvalue weighted by atomic mass is 10.2. The van der Waals surface area contributed by atoms with Crippen molar-refractivity contribution in [3.63, 3.8) is 0 Å². The van der Waals surface area contributed by atoms with E-state index in [1.54, 1.807) is 18.2 Å². The Balaban J connectivity index is 1.47. The Labute approximate surface area is 148 Å². The molecule has 1 aliphatic heterocycles. The first kappa shape index (κ1) is 15.8. The number of benzene rings is 2. The zero-order valence-corrected chi connectivity index (χ0v) is 13.6. The molecule has 130 valence electrons. The largest absolute Gasteiger partial charge is 0.454 e. The Morgan fingerprint density at radius 1 is 1.12 bits per heavy atom. The fourth-order valence-electron chi connectivity index (χ4n) is 2.53. The van der Waals surface area contributed by atoms with Crippen molar-refractivity contribution in [1.82, 2.24) is 14.8 Å². The number of amides is 1. The molecule has 0 spiro atoms. The quantitative estimate of drug-likeness (QED) is 0.769. The Hall–Kier alpha value is -3.68. The highest BCUT2D eigenvalue weighted by molar-refractivity contribution is 5.90. The molecule has 1 amide bonds. The van der Waals surface area contributed by atoms with Crippen LogP contribution in [0, 0.1) is 0 Å². The molecule has 1 aromatic heterocycles. The maximum Gasteiger partial charge on any atom is 0.365 e. The summed E-state index contributed by atoms with van der Waals surface area (Å²) >= 11 is 0. The van der Waals surface area contributed by atoms with Gasteiger partial charge in [0, 0.05) is 17.3 Å². The van der Waals surface area contributed by atoms with E-state index in [9.17, 15) is 9.59 Å². The van der Waals surface area contributed by atoms with E-state index in [4.69, 9.17) is 9.47 Å². The molecular formula is C18H14N4O4. The van der Waals surface area contributed by atoms with Gasteiger partial charge in [0.15, 0.2) is 11.5 Å². The second kappa shape index (κ2) is 6.67. The predicted octanol–water partition coefficient (Wildman–Crippen LogP) is 1.67. The van der Waals surface area contributed by atoms with E-state index in [1.807, 2.05) is 30.3 Å². The summed E-state index contributed by atoms with van der Waals surface area (Å²) in [6, 6.07) is 14.3. The van der Waals surface area contributed by atoms with E-state index < -0.39 is 11.6 Å². The molecule has 0 aliphatic carbocycles. The van der Waals surface area contributed by atoms with Crippen LogP contribution >= 0.6 is 0 Å². The molecule has 0 fully saturated rings. The molecule has 26 heavy (non-hydrogen) atoms. The van der Waals surface area contributed by atoms with Gasteiger partial charge in [-0.1, -0.05) is 30.3 Å². The predicted molar refractivity (Wildman–Crippen MR) is 92.9 cm³/mol. The van der Waals surface area contributed by atoms with Crippen LogP contribution < -0.4 is 20.5 Å². The van der Waals surface area contributed by atoms with Gasteiger partial charge in [-0.25, -0.2) is 9.48 Å². The standard InChI is InChI=1S/C18H14N4O4/c23-17(20-13-6-7-15-16(8-13)26-11-25-15)10-22-18(24)21-14(9-19-22)12-4-2-1-3-5-12/h1-9H,10-11H2,(H,20,23). The molecule has 1 aliphatic rings. The number of nitrogens with one attached hydrogen (secondary N) is 1. The number of carbonyl (C=O) groups is 1. The van der Waals surface area contributed by atoms with E-state index >= 15 is 0 Å². The second-order valence-electron chi connectivity index (χ2n) is 5.56. The summed E-state index contributed by atoms with van der Waals surface area (Å²) < 4.78 is 11.5. The van der Waals surface area contributed by atoms with Crippen molar-refractivity contribution < 1.29 is 14.3 Å². The molecular weight excluding hydrogens is 336 g/mol. The molecule has 4 rings (SSSR count). The first-order valence-corrected chi connectivity index (χ1v) is 7.88. The Kier molecular flexibility index (Phi) is 4.06. The fourth-order valence-corrected chi connectivity index (χ4v) is 2.53. The van der Waals surface area contributed by atoms with Crippen molar-refractivity contribution in [3.05, 3.63) is 65.2 Å². The number of fused-ring (bicyclic) bond motifs is 1. The van der Waals surface area contributed by atoms with Gasteiger partial charge < -0.3 is 14.8 Å². The normalized spacial score (nSPS) is 12.0. The van der Waals surface area contributed by atoms with Gasteiger partial charge in [0.05, 0.1) is 11.9 Å². The van der Waals surface area contributed by atoms with Crippen molar-refractivity contribution in [2.24, 2.45) is 0 Å². The highest BCUT2D eigenvalue weighted by atomic mass is 16.7. The first-order valence-electron chi connectivity index (χ1n) is 7.88. The zero-order chi connectivity index (χ0) is 17.9. The average molecular weight is 350 g/mol. The number of hydrogen-bond donors (Lipinski definition) is 1. The van der Waals surface area contributed by atoms with Crippen molar-refractivity contribution >= 4 is 11.6 Å². The topological polar surface area (TPSA) is 95.3 Å². The first-order chi connectivity index (χ1) is 12.7. The van der Waals surface area contributed by atoms with Gasteiger partial charge in [-0.15, -0.1) is 0 Å². The molecule has 0 bridgehead atoms.